The number of nitrogens with two attached hydrogens (primary N) is 1. The maximum Gasteiger partial charge on any atom is 0.144 e. The summed E-state index contributed by atoms with van der Waals surface area (Å²) < 4.78 is 0. The summed E-state index contributed by atoms with van der Waals surface area (Å²) in [6, 6.07) is 0. The fourth-order valence-electron chi connectivity index (χ4n) is 0.449. The Balaban J connectivity index is 2.52. The van der Waals surface area contributed by atoms with Gasteiger partial charge < -0.3 is 0 Å². The lowest BCUT2D eigenvalue weighted by atomic mass is 10.4. The van der Waals surface area contributed by atoms with E-state index >= 15 is 0 Å². The fourth-order valence-corrected chi connectivity index (χ4v) is 0.449. The average Bonchev–Trinajstić information content (AvgIpc) is 2.14. The van der Waals surface area contributed by atoms with E-state index < -0.39 is 0 Å². The lowest BCUT2D eigenvalue weighted by Crippen LogP contribution is -2.69. The van der Waals surface area contributed by atoms with E-state index in [0.717, 1.165) is 12.1 Å². The lowest BCUT2D eigenvalue weighted by Gasteiger charge is -1.75. The van der Waals surface area contributed by atoms with E-state index in [1.54, 1.807) is 5.43 Å². The van der Waals surface area contributed by atoms with E-state index in [1.807, 2.05) is 6.20 Å². The molecule has 0 amide bonds. The van der Waals surface area contributed by atoms with Gasteiger partial charge in [-0.3, -0.25) is 0 Å². The van der Waals surface area contributed by atoms with Crippen LogP contribution in [0.25, 0.3) is 0 Å². The minimum atomic E-state index is 0.986. The first-order valence-electron chi connectivity index (χ1n) is 2.36. The SMILES string of the molecule is CCC1=C[NH2+]N=N1. The summed E-state index contributed by atoms with van der Waals surface area (Å²) in [5.41, 5.74) is 2.78. The van der Waals surface area contributed by atoms with E-state index in [-0.39, 0.29) is 0 Å². The summed E-state index contributed by atoms with van der Waals surface area (Å²) in [5.74, 6) is 0. The highest BCUT2D eigenvalue weighted by molar-refractivity contribution is 4.92. The molecule has 0 radical (unpaired) electrons. The van der Waals surface area contributed by atoms with Crippen molar-refractivity contribution in [3.8, 4) is 0 Å². The van der Waals surface area contributed by atoms with Crippen LogP contribution in [0.15, 0.2) is 22.2 Å². The third kappa shape index (κ3) is 0.838. The molecule has 0 aromatic carbocycles. The molecule has 0 saturated heterocycles. The highest BCUT2D eigenvalue weighted by atomic mass is 15.4. The summed E-state index contributed by atoms with van der Waals surface area (Å²) in [6.07, 6.45) is 2.90. The summed E-state index contributed by atoms with van der Waals surface area (Å²) in [6.45, 7) is 2.06. The normalized spacial score (nSPS) is 17.6. The minimum absolute atomic E-state index is 0.986. The Kier molecular flexibility index (Phi) is 1.17. The average molecular weight is 98.1 g/mol. The molecule has 0 unspecified atom stereocenters. The van der Waals surface area contributed by atoms with Gasteiger partial charge in [0.05, 0.1) is 0 Å². The molecule has 3 nitrogen and oxygen atoms in total. The fraction of sp³-hybridized carbons (Fsp3) is 0.500. The standard InChI is InChI=1S/C4H7N3/c1-2-4-3-5-7-6-4/h3H,2H2,1H3,(H,5,6,7)/p+1. The van der Waals surface area contributed by atoms with Crippen LogP contribution in [0, 0.1) is 0 Å². The van der Waals surface area contributed by atoms with Crippen LogP contribution in [-0.2, 0) is 0 Å². The second-order valence-corrected chi connectivity index (χ2v) is 1.38. The van der Waals surface area contributed by atoms with Gasteiger partial charge in [-0.05, 0) is 6.42 Å². The molecule has 1 rings (SSSR count). The molecule has 0 bridgehead atoms. The van der Waals surface area contributed by atoms with Crippen molar-refractivity contribution < 1.29 is 5.43 Å². The van der Waals surface area contributed by atoms with Crippen molar-refractivity contribution in [1.29, 1.82) is 0 Å². The van der Waals surface area contributed by atoms with Crippen LogP contribution in [0.3, 0.4) is 0 Å². The zero-order chi connectivity index (χ0) is 5.11. The second-order valence-electron chi connectivity index (χ2n) is 1.38. The third-order valence-electron chi connectivity index (χ3n) is 0.882. The molecule has 0 aromatic rings. The Bertz CT molecular complexity index is 114. The summed E-state index contributed by atoms with van der Waals surface area (Å²) in [7, 11) is 0. The molecule has 0 fully saturated rings. The van der Waals surface area contributed by atoms with Crippen LogP contribution in [-0.4, -0.2) is 0 Å². The maximum atomic E-state index is 3.78. The molecule has 1 aliphatic rings. The monoisotopic (exact) mass is 98.1 g/mol. The molecular formula is C4H8N3+. The van der Waals surface area contributed by atoms with Crippen molar-refractivity contribution in [2.75, 3.05) is 0 Å². The molecule has 1 aliphatic heterocycles. The van der Waals surface area contributed by atoms with Crippen LogP contribution in [0.5, 0.6) is 0 Å². The quantitative estimate of drug-likeness (QED) is 0.455. The molecule has 0 aliphatic carbocycles. The van der Waals surface area contributed by atoms with E-state index in [4.69, 9.17) is 0 Å². The van der Waals surface area contributed by atoms with Gasteiger partial charge in [0.1, 0.15) is 11.9 Å². The predicted molar refractivity (Wildman–Crippen MR) is 25.2 cm³/mol. The van der Waals surface area contributed by atoms with E-state index in [0.29, 0.717) is 0 Å². The number of allylic oxidation sites excluding steroid dienone is 1. The van der Waals surface area contributed by atoms with E-state index in [1.165, 1.54) is 0 Å². The van der Waals surface area contributed by atoms with Crippen LogP contribution in [0.2, 0.25) is 0 Å². The largest absolute Gasteiger partial charge is 0.173 e. The molecule has 38 valence electrons. The van der Waals surface area contributed by atoms with Crippen molar-refractivity contribution in [3.05, 3.63) is 11.9 Å². The molecule has 2 N–H and O–H groups in total. The van der Waals surface area contributed by atoms with Gasteiger partial charge in [-0.2, -0.15) is 5.43 Å². The van der Waals surface area contributed by atoms with Crippen LogP contribution < -0.4 is 5.43 Å². The molecule has 0 atom stereocenters. The van der Waals surface area contributed by atoms with Crippen molar-refractivity contribution in [1.82, 2.24) is 0 Å². The number of rotatable bonds is 1. The molecule has 3 heteroatoms. The van der Waals surface area contributed by atoms with Gasteiger partial charge >= 0.3 is 0 Å². The molecule has 1 heterocycles. The highest BCUT2D eigenvalue weighted by Gasteiger charge is 1.97. The Labute approximate surface area is 42.1 Å². The maximum absolute atomic E-state index is 3.78. The Morgan fingerprint density at radius 2 is 2.71 bits per heavy atom. The summed E-state index contributed by atoms with van der Waals surface area (Å²) >= 11 is 0. The first kappa shape index (κ1) is 4.46. The lowest BCUT2D eigenvalue weighted by molar-refractivity contribution is -0.595. The van der Waals surface area contributed by atoms with Gasteiger partial charge in [-0.25, -0.2) is 0 Å². The summed E-state index contributed by atoms with van der Waals surface area (Å²) in [5, 5.41) is 7.43. The Hall–Kier alpha value is -0.700. The van der Waals surface area contributed by atoms with Crippen LogP contribution in [0.1, 0.15) is 13.3 Å². The molecule has 7 heavy (non-hydrogen) atoms. The highest BCUT2D eigenvalue weighted by Crippen LogP contribution is 2.00. The van der Waals surface area contributed by atoms with E-state index in [9.17, 15) is 0 Å². The minimum Gasteiger partial charge on any atom is -0.173 e. The second kappa shape index (κ2) is 1.84. The summed E-state index contributed by atoms with van der Waals surface area (Å²) in [4.78, 5) is 0. The molecule has 0 saturated carbocycles. The zero-order valence-corrected chi connectivity index (χ0v) is 4.26. The van der Waals surface area contributed by atoms with Crippen molar-refractivity contribution in [3.63, 3.8) is 0 Å². The molecular weight excluding hydrogens is 90.1 g/mol. The Morgan fingerprint density at radius 3 is 3.00 bits per heavy atom. The van der Waals surface area contributed by atoms with Gasteiger partial charge in [-0.1, -0.05) is 12.0 Å². The van der Waals surface area contributed by atoms with Gasteiger partial charge in [0, 0.05) is 5.22 Å². The third-order valence-corrected chi connectivity index (χ3v) is 0.882. The van der Waals surface area contributed by atoms with Gasteiger partial charge in [0.25, 0.3) is 0 Å². The molecule has 0 aromatic heterocycles. The van der Waals surface area contributed by atoms with Gasteiger partial charge in [-0.15, -0.1) is 0 Å². The number of nitrogens with zero attached hydrogens (tertiary/aromatic N) is 2. The van der Waals surface area contributed by atoms with Crippen molar-refractivity contribution >= 4 is 0 Å². The van der Waals surface area contributed by atoms with Crippen LogP contribution in [0.4, 0.5) is 0 Å². The first-order valence-corrected chi connectivity index (χ1v) is 2.36. The number of hydrogen-bond acceptors (Lipinski definition) is 2. The predicted octanol–water partition coefficient (Wildman–Crippen LogP) is 0.182. The smallest absolute Gasteiger partial charge is 0.144 e. The van der Waals surface area contributed by atoms with Crippen LogP contribution >= 0.6 is 0 Å². The van der Waals surface area contributed by atoms with Gasteiger partial charge in [0.2, 0.25) is 0 Å². The van der Waals surface area contributed by atoms with Gasteiger partial charge in [0.15, 0.2) is 0 Å². The van der Waals surface area contributed by atoms with Crippen molar-refractivity contribution in [2.45, 2.75) is 13.3 Å². The zero-order valence-electron chi connectivity index (χ0n) is 4.26. The topological polar surface area (TPSA) is 41.3 Å². The van der Waals surface area contributed by atoms with Crippen molar-refractivity contribution in [2.24, 2.45) is 10.3 Å². The first-order chi connectivity index (χ1) is 3.43. The number of hydrogen-bond donors (Lipinski definition) is 1. The van der Waals surface area contributed by atoms with E-state index in [2.05, 4.69) is 17.3 Å². The number of quaternary nitrogens is 1. The molecule has 0 spiro atoms. The Morgan fingerprint density at radius 1 is 1.86 bits per heavy atom.